The maximum Gasteiger partial charge on any atom is 0.317 e. The third kappa shape index (κ3) is 1.90. The van der Waals surface area contributed by atoms with Gasteiger partial charge in [-0.05, 0) is 19.1 Å². The lowest BCUT2D eigenvalue weighted by Gasteiger charge is -1.91. The van der Waals surface area contributed by atoms with E-state index in [-0.39, 0.29) is 5.69 Å². The Morgan fingerprint density at radius 3 is 2.25 bits per heavy atom. The molecule has 0 fully saturated rings. The van der Waals surface area contributed by atoms with Crippen LogP contribution in [-0.2, 0) is 0 Å². The van der Waals surface area contributed by atoms with Crippen molar-refractivity contribution in [2.24, 2.45) is 0 Å². The van der Waals surface area contributed by atoms with Crippen molar-refractivity contribution < 1.29 is 9.66 Å². The number of hydrogen-bond acceptors (Lipinski definition) is 5. The van der Waals surface area contributed by atoms with Gasteiger partial charge >= 0.3 is 6.01 Å². The Morgan fingerprint density at radius 1 is 1.25 bits per heavy atom. The summed E-state index contributed by atoms with van der Waals surface area (Å²) in [6.45, 7) is 2.33. The van der Waals surface area contributed by atoms with E-state index in [0.717, 1.165) is 0 Å². The smallest absolute Gasteiger partial charge is 0.317 e. The second-order valence-electron chi connectivity index (χ2n) is 3.06. The van der Waals surface area contributed by atoms with E-state index in [1.54, 1.807) is 12.1 Å². The minimum atomic E-state index is -0.456. The maximum absolute atomic E-state index is 10.6. The van der Waals surface area contributed by atoms with Gasteiger partial charge in [-0.2, -0.15) is 9.97 Å². The van der Waals surface area contributed by atoms with Crippen LogP contribution in [0.2, 0.25) is 0 Å². The van der Waals surface area contributed by atoms with Crippen LogP contribution < -0.4 is 4.74 Å². The number of nitro groups is 1. The van der Waals surface area contributed by atoms with Crippen LogP contribution in [-0.4, -0.2) is 21.5 Å². The molecular formula is C10H9N3O3. The molecule has 1 heterocycles. The molecule has 0 aromatic rings. The van der Waals surface area contributed by atoms with E-state index in [0.29, 0.717) is 24.0 Å². The minimum Gasteiger partial charge on any atom is -0.464 e. The van der Waals surface area contributed by atoms with Crippen molar-refractivity contribution in [3.05, 3.63) is 34.4 Å². The van der Waals surface area contributed by atoms with Gasteiger partial charge < -0.3 is 4.74 Å². The molecule has 0 saturated carbocycles. The zero-order valence-corrected chi connectivity index (χ0v) is 8.58. The first-order valence-corrected chi connectivity index (χ1v) is 4.75. The van der Waals surface area contributed by atoms with Gasteiger partial charge in [0, 0.05) is 12.1 Å². The highest BCUT2D eigenvalue weighted by molar-refractivity contribution is 5.58. The Bertz CT molecular complexity index is 467. The van der Waals surface area contributed by atoms with Gasteiger partial charge in [0.05, 0.1) is 22.9 Å². The Labute approximate surface area is 91.4 Å². The summed E-state index contributed by atoms with van der Waals surface area (Å²) in [6.07, 6.45) is 0. The lowest BCUT2D eigenvalue weighted by molar-refractivity contribution is -0.384. The molecule has 0 saturated heterocycles. The summed E-state index contributed by atoms with van der Waals surface area (Å²) >= 11 is 0. The summed E-state index contributed by atoms with van der Waals surface area (Å²) in [4.78, 5) is 18.3. The van der Waals surface area contributed by atoms with Gasteiger partial charge in [-0.15, -0.1) is 0 Å². The fourth-order valence-corrected chi connectivity index (χ4v) is 1.29. The number of nitrogens with zero attached hydrogens (tertiary/aromatic N) is 3. The predicted octanol–water partition coefficient (Wildman–Crippen LogP) is 1.89. The average Bonchev–Trinajstić information content (AvgIpc) is 2.50. The number of fused-ring (bicyclic) bond motifs is 1. The van der Waals surface area contributed by atoms with Gasteiger partial charge in [-0.25, -0.2) is 0 Å². The van der Waals surface area contributed by atoms with Crippen LogP contribution >= 0.6 is 0 Å². The molecule has 0 N–H and O–H groups in total. The molecule has 1 aliphatic carbocycles. The van der Waals surface area contributed by atoms with E-state index in [1.165, 1.54) is 12.1 Å². The Hall–Kier alpha value is -2.24. The van der Waals surface area contributed by atoms with E-state index in [9.17, 15) is 10.1 Å². The molecule has 0 spiro atoms. The summed E-state index contributed by atoms with van der Waals surface area (Å²) in [5, 5.41) is 10.6. The van der Waals surface area contributed by atoms with Crippen molar-refractivity contribution in [3.8, 4) is 17.4 Å². The number of imidazole rings is 1. The highest BCUT2D eigenvalue weighted by Crippen LogP contribution is 2.23. The third-order valence-electron chi connectivity index (χ3n) is 2.00. The summed E-state index contributed by atoms with van der Waals surface area (Å²) in [5.41, 5.74) is 1.17. The second kappa shape index (κ2) is 4.09. The lowest BCUT2D eigenvalue weighted by Crippen LogP contribution is -1.91. The normalized spacial score (nSPS) is 10.3. The largest absolute Gasteiger partial charge is 0.464 e. The Kier molecular flexibility index (Phi) is 2.63. The van der Waals surface area contributed by atoms with Crippen molar-refractivity contribution in [1.82, 2.24) is 9.97 Å². The molecule has 2 aliphatic rings. The molecular weight excluding hydrogens is 210 g/mol. The lowest BCUT2D eigenvalue weighted by atomic mass is 10.3. The highest BCUT2D eigenvalue weighted by Gasteiger charge is 2.12. The van der Waals surface area contributed by atoms with Gasteiger partial charge in [0.25, 0.3) is 5.69 Å². The standard InChI is InChI=1S/C10H9N3O3/c1-2-16-10-11-8-5-3-7(13(14)15)4-6-9(8)12-10/h3-6H,2H2,1H3. The second-order valence-corrected chi connectivity index (χ2v) is 3.06. The summed E-state index contributed by atoms with van der Waals surface area (Å²) < 4.78 is 5.14. The van der Waals surface area contributed by atoms with Crippen LogP contribution in [0.5, 0.6) is 6.01 Å². The molecule has 6 heteroatoms. The molecule has 1 aliphatic heterocycles. The van der Waals surface area contributed by atoms with Crippen molar-refractivity contribution in [1.29, 1.82) is 0 Å². The van der Waals surface area contributed by atoms with E-state index in [1.807, 2.05) is 6.92 Å². The van der Waals surface area contributed by atoms with E-state index in [4.69, 9.17) is 4.74 Å². The molecule has 0 radical (unpaired) electrons. The van der Waals surface area contributed by atoms with Crippen molar-refractivity contribution in [2.75, 3.05) is 6.61 Å². The van der Waals surface area contributed by atoms with E-state index in [2.05, 4.69) is 9.97 Å². The van der Waals surface area contributed by atoms with Crippen molar-refractivity contribution in [2.45, 2.75) is 6.92 Å². The molecule has 0 bridgehead atoms. The molecule has 6 nitrogen and oxygen atoms in total. The number of hydrogen-bond donors (Lipinski definition) is 0. The zero-order chi connectivity index (χ0) is 11.5. The fourth-order valence-electron chi connectivity index (χ4n) is 1.29. The van der Waals surface area contributed by atoms with Crippen LogP contribution in [0.25, 0.3) is 11.4 Å². The summed E-state index contributed by atoms with van der Waals surface area (Å²) in [6, 6.07) is 6.21. The SMILES string of the molecule is CCOc1nc2ccc([N+](=O)[O-])ccc-2n1. The topological polar surface area (TPSA) is 78.2 Å². The zero-order valence-electron chi connectivity index (χ0n) is 8.58. The first-order valence-electron chi connectivity index (χ1n) is 4.75. The van der Waals surface area contributed by atoms with Crippen LogP contribution in [0, 0.1) is 10.1 Å². The molecule has 2 rings (SSSR count). The first kappa shape index (κ1) is 10.3. The molecule has 16 heavy (non-hydrogen) atoms. The van der Waals surface area contributed by atoms with Gasteiger partial charge in [0.2, 0.25) is 0 Å². The molecule has 82 valence electrons. The molecule has 0 aromatic carbocycles. The van der Waals surface area contributed by atoms with Crippen molar-refractivity contribution >= 4 is 5.69 Å². The van der Waals surface area contributed by atoms with Gasteiger partial charge in [-0.3, -0.25) is 10.1 Å². The van der Waals surface area contributed by atoms with E-state index < -0.39 is 4.92 Å². The minimum absolute atomic E-state index is 0.0118. The highest BCUT2D eigenvalue weighted by atomic mass is 16.6. The first-order chi connectivity index (χ1) is 7.70. The monoisotopic (exact) mass is 219 g/mol. The van der Waals surface area contributed by atoms with Gasteiger partial charge in [0.15, 0.2) is 0 Å². The van der Waals surface area contributed by atoms with Crippen LogP contribution in [0.4, 0.5) is 5.69 Å². The molecule has 0 atom stereocenters. The Balaban J connectivity index is 2.45. The predicted molar refractivity (Wildman–Crippen MR) is 56.5 cm³/mol. The molecule has 0 unspecified atom stereocenters. The number of aromatic nitrogens is 2. The van der Waals surface area contributed by atoms with Gasteiger partial charge in [-0.1, -0.05) is 0 Å². The maximum atomic E-state index is 10.6. The average molecular weight is 219 g/mol. The molecule has 0 amide bonds. The van der Waals surface area contributed by atoms with Crippen LogP contribution in [0.15, 0.2) is 24.3 Å². The van der Waals surface area contributed by atoms with Crippen molar-refractivity contribution in [3.63, 3.8) is 0 Å². The number of rotatable bonds is 3. The van der Waals surface area contributed by atoms with Crippen LogP contribution in [0.1, 0.15) is 6.92 Å². The van der Waals surface area contributed by atoms with E-state index >= 15 is 0 Å². The third-order valence-corrected chi connectivity index (χ3v) is 2.00. The number of ether oxygens (including phenoxy) is 1. The fraction of sp³-hybridized carbons (Fsp3) is 0.200. The molecule has 0 aromatic heterocycles. The van der Waals surface area contributed by atoms with Gasteiger partial charge in [0.1, 0.15) is 0 Å². The van der Waals surface area contributed by atoms with Crippen LogP contribution in [0.3, 0.4) is 0 Å². The quantitative estimate of drug-likeness (QED) is 0.581. The Morgan fingerprint density at radius 2 is 1.81 bits per heavy atom. The summed E-state index contributed by atoms with van der Waals surface area (Å²) in [7, 11) is 0. The summed E-state index contributed by atoms with van der Waals surface area (Å²) in [5.74, 6) is 0.